The first-order valence-corrected chi connectivity index (χ1v) is 6.35. The van der Waals surface area contributed by atoms with Gasteiger partial charge in [0.05, 0.1) is 11.9 Å². The zero-order valence-corrected chi connectivity index (χ0v) is 10.0. The fraction of sp³-hybridized carbons (Fsp3) is 0.846. The van der Waals surface area contributed by atoms with E-state index in [1.54, 1.807) is 0 Å². The van der Waals surface area contributed by atoms with Crippen molar-refractivity contribution in [1.82, 2.24) is 0 Å². The van der Waals surface area contributed by atoms with Crippen LogP contribution < -0.4 is 5.73 Å². The Bertz CT molecular complexity index is 282. The van der Waals surface area contributed by atoms with E-state index in [1.807, 2.05) is 13.0 Å². The van der Waals surface area contributed by atoms with Crippen LogP contribution in [0.25, 0.3) is 0 Å². The lowest BCUT2D eigenvalue weighted by atomic mass is 9.76. The minimum Gasteiger partial charge on any atom is -0.513 e. The molecule has 2 rings (SSSR count). The average molecular weight is 225 g/mol. The van der Waals surface area contributed by atoms with Crippen LogP contribution in [0.5, 0.6) is 0 Å². The van der Waals surface area contributed by atoms with E-state index in [4.69, 9.17) is 5.73 Å². The highest BCUT2D eigenvalue weighted by molar-refractivity contribution is 5.04. The molecule has 0 saturated heterocycles. The Kier molecular flexibility index (Phi) is 3.27. The molecule has 0 heterocycles. The lowest BCUT2D eigenvalue weighted by Gasteiger charge is -2.32. The van der Waals surface area contributed by atoms with E-state index >= 15 is 0 Å². The summed E-state index contributed by atoms with van der Waals surface area (Å²) in [5.74, 6) is 1.28. The van der Waals surface area contributed by atoms with Crippen molar-refractivity contribution in [1.29, 1.82) is 0 Å². The fourth-order valence-corrected chi connectivity index (χ4v) is 2.79. The lowest BCUT2D eigenvalue weighted by molar-refractivity contribution is 0.0682. The van der Waals surface area contributed by atoms with E-state index in [2.05, 4.69) is 0 Å². The van der Waals surface area contributed by atoms with Crippen molar-refractivity contribution in [3.05, 3.63) is 11.8 Å². The summed E-state index contributed by atoms with van der Waals surface area (Å²) in [5.41, 5.74) is 6.15. The number of hydrogen-bond acceptors (Lipinski definition) is 3. The van der Waals surface area contributed by atoms with Gasteiger partial charge in [0.15, 0.2) is 0 Å². The largest absolute Gasteiger partial charge is 0.513 e. The van der Waals surface area contributed by atoms with Crippen molar-refractivity contribution in [2.45, 2.75) is 57.1 Å². The highest BCUT2D eigenvalue weighted by Crippen LogP contribution is 2.43. The molecule has 0 aromatic heterocycles. The third-order valence-electron chi connectivity index (χ3n) is 4.19. The van der Waals surface area contributed by atoms with Crippen molar-refractivity contribution in [3.8, 4) is 0 Å². The monoisotopic (exact) mass is 225 g/mol. The molecule has 92 valence electrons. The maximum atomic E-state index is 9.88. The molecule has 3 unspecified atom stereocenters. The van der Waals surface area contributed by atoms with Gasteiger partial charge in [-0.15, -0.1) is 0 Å². The molecule has 0 aliphatic heterocycles. The summed E-state index contributed by atoms with van der Waals surface area (Å²) < 4.78 is 0. The van der Waals surface area contributed by atoms with Gasteiger partial charge in [0.25, 0.3) is 0 Å². The van der Waals surface area contributed by atoms with E-state index in [9.17, 15) is 10.2 Å². The van der Waals surface area contributed by atoms with E-state index in [-0.39, 0.29) is 17.6 Å². The number of nitrogens with two attached hydrogens (primary N) is 1. The molecule has 2 aliphatic carbocycles. The standard InChI is InChI=1S/C13H23NO2/c1-9(15)12(8-13(14)6-7-13)10-2-4-11(16)5-3-10/h4,9-10,12,15-16H,2-3,5-8,14H2,1H3. The zero-order valence-electron chi connectivity index (χ0n) is 10.0. The number of aliphatic hydroxyl groups is 2. The molecule has 0 bridgehead atoms. The van der Waals surface area contributed by atoms with E-state index in [0.717, 1.165) is 38.5 Å². The fourth-order valence-electron chi connectivity index (χ4n) is 2.79. The van der Waals surface area contributed by atoms with Gasteiger partial charge < -0.3 is 15.9 Å². The SMILES string of the molecule is CC(O)C(CC1(N)CC1)C1CC=C(O)CC1. The lowest BCUT2D eigenvalue weighted by Crippen LogP contribution is -2.35. The molecule has 1 fully saturated rings. The second-order valence-corrected chi connectivity index (χ2v) is 5.70. The highest BCUT2D eigenvalue weighted by Gasteiger charge is 2.42. The molecule has 2 aliphatic rings. The van der Waals surface area contributed by atoms with Crippen molar-refractivity contribution < 1.29 is 10.2 Å². The second-order valence-electron chi connectivity index (χ2n) is 5.70. The maximum Gasteiger partial charge on any atom is 0.0883 e. The van der Waals surface area contributed by atoms with Crippen molar-refractivity contribution in [2.75, 3.05) is 0 Å². The Morgan fingerprint density at radius 2 is 2.25 bits per heavy atom. The van der Waals surface area contributed by atoms with Gasteiger partial charge >= 0.3 is 0 Å². The Morgan fingerprint density at radius 3 is 2.69 bits per heavy atom. The average Bonchev–Trinajstić information content (AvgIpc) is 2.95. The Balaban J connectivity index is 1.96. The van der Waals surface area contributed by atoms with Crippen LogP contribution in [0.1, 0.15) is 45.4 Å². The molecule has 0 aromatic rings. The normalized spacial score (nSPS) is 31.7. The van der Waals surface area contributed by atoms with E-state index in [1.165, 1.54) is 0 Å². The quantitative estimate of drug-likeness (QED) is 0.686. The summed E-state index contributed by atoms with van der Waals surface area (Å²) >= 11 is 0. The number of allylic oxidation sites excluding steroid dienone is 2. The Labute approximate surface area is 97.3 Å². The predicted octanol–water partition coefficient (Wildman–Crippen LogP) is 2.11. The molecule has 0 amide bonds. The first-order valence-electron chi connectivity index (χ1n) is 6.35. The molecule has 3 heteroatoms. The molecule has 0 spiro atoms. The molecule has 3 atom stereocenters. The molecule has 3 nitrogen and oxygen atoms in total. The summed E-state index contributed by atoms with van der Waals surface area (Å²) in [6.07, 6.45) is 7.37. The van der Waals surface area contributed by atoms with Gasteiger partial charge in [-0.1, -0.05) is 0 Å². The van der Waals surface area contributed by atoms with Crippen LogP contribution in [-0.4, -0.2) is 21.9 Å². The van der Waals surface area contributed by atoms with Gasteiger partial charge in [-0.3, -0.25) is 0 Å². The third kappa shape index (κ3) is 2.77. The van der Waals surface area contributed by atoms with Gasteiger partial charge in [0.1, 0.15) is 0 Å². The van der Waals surface area contributed by atoms with E-state index in [0.29, 0.717) is 11.7 Å². The molecule has 0 aromatic carbocycles. The predicted molar refractivity (Wildman–Crippen MR) is 64.0 cm³/mol. The van der Waals surface area contributed by atoms with Gasteiger partial charge in [0.2, 0.25) is 0 Å². The highest BCUT2D eigenvalue weighted by atomic mass is 16.3. The minimum absolute atomic E-state index is 0.00482. The minimum atomic E-state index is -0.292. The summed E-state index contributed by atoms with van der Waals surface area (Å²) in [5, 5.41) is 19.2. The number of rotatable bonds is 4. The number of hydrogen-bond donors (Lipinski definition) is 3. The summed E-state index contributed by atoms with van der Waals surface area (Å²) in [7, 11) is 0. The van der Waals surface area contributed by atoms with Crippen LogP contribution in [0.4, 0.5) is 0 Å². The van der Waals surface area contributed by atoms with Gasteiger partial charge in [-0.25, -0.2) is 0 Å². The number of aliphatic hydroxyl groups excluding tert-OH is 2. The zero-order chi connectivity index (χ0) is 11.8. The Morgan fingerprint density at radius 1 is 1.56 bits per heavy atom. The second kappa shape index (κ2) is 4.38. The van der Waals surface area contributed by atoms with Gasteiger partial charge in [-0.2, -0.15) is 0 Å². The van der Waals surface area contributed by atoms with Gasteiger partial charge in [-0.05, 0) is 56.9 Å². The topological polar surface area (TPSA) is 66.5 Å². The summed E-state index contributed by atoms with van der Waals surface area (Å²) in [6.45, 7) is 1.87. The van der Waals surface area contributed by atoms with Crippen molar-refractivity contribution >= 4 is 0 Å². The third-order valence-corrected chi connectivity index (χ3v) is 4.19. The van der Waals surface area contributed by atoms with Crippen molar-refractivity contribution in [2.24, 2.45) is 17.6 Å². The molecular weight excluding hydrogens is 202 g/mol. The van der Waals surface area contributed by atoms with Crippen LogP contribution in [0.15, 0.2) is 11.8 Å². The molecule has 16 heavy (non-hydrogen) atoms. The Hall–Kier alpha value is -0.540. The van der Waals surface area contributed by atoms with Crippen LogP contribution in [-0.2, 0) is 0 Å². The van der Waals surface area contributed by atoms with Crippen LogP contribution in [0, 0.1) is 11.8 Å². The van der Waals surface area contributed by atoms with Crippen LogP contribution >= 0.6 is 0 Å². The van der Waals surface area contributed by atoms with Crippen LogP contribution in [0.2, 0.25) is 0 Å². The molecular formula is C13H23NO2. The van der Waals surface area contributed by atoms with E-state index < -0.39 is 0 Å². The molecule has 1 saturated carbocycles. The summed E-state index contributed by atoms with van der Waals surface area (Å²) in [6, 6.07) is 0. The van der Waals surface area contributed by atoms with Crippen LogP contribution in [0.3, 0.4) is 0 Å². The first kappa shape index (κ1) is 11.9. The maximum absolute atomic E-state index is 9.88. The van der Waals surface area contributed by atoms with Gasteiger partial charge in [0, 0.05) is 12.0 Å². The smallest absolute Gasteiger partial charge is 0.0883 e. The van der Waals surface area contributed by atoms with Crippen molar-refractivity contribution in [3.63, 3.8) is 0 Å². The first-order chi connectivity index (χ1) is 7.50. The summed E-state index contributed by atoms with van der Waals surface area (Å²) in [4.78, 5) is 0. The molecule has 4 N–H and O–H groups in total. The molecule has 0 radical (unpaired) electrons.